The Labute approximate surface area is 127 Å². The highest BCUT2D eigenvalue weighted by Gasteiger charge is 2.32. The van der Waals surface area contributed by atoms with Gasteiger partial charge in [-0.05, 0) is 36.2 Å². The van der Waals surface area contributed by atoms with Crippen LogP contribution in [0.5, 0.6) is 0 Å². The Morgan fingerprint density at radius 3 is 2.22 bits per heavy atom. The molecule has 0 saturated heterocycles. The van der Waals surface area contributed by atoms with Gasteiger partial charge < -0.3 is 5.32 Å². The van der Waals surface area contributed by atoms with Crippen molar-refractivity contribution >= 4 is 11.5 Å². The molecule has 0 saturated carbocycles. The van der Waals surface area contributed by atoms with Gasteiger partial charge >= 0.3 is 12.4 Å². The van der Waals surface area contributed by atoms with E-state index in [0.717, 1.165) is 12.1 Å². The number of alkyl halides is 6. The van der Waals surface area contributed by atoms with Crippen LogP contribution in [0, 0.1) is 0 Å². The number of benzene rings is 1. The minimum absolute atomic E-state index is 0.0611. The predicted octanol–water partition coefficient (Wildman–Crippen LogP) is 4.73. The number of rotatable bonds is 4. The van der Waals surface area contributed by atoms with Gasteiger partial charge in [-0.1, -0.05) is 12.1 Å². The van der Waals surface area contributed by atoms with Crippen LogP contribution in [0.3, 0.4) is 0 Å². The van der Waals surface area contributed by atoms with E-state index in [0.29, 0.717) is 11.3 Å². The van der Waals surface area contributed by atoms with Crippen LogP contribution in [0.25, 0.3) is 0 Å². The van der Waals surface area contributed by atoms with Gasteiger partial charge in [0.25, 0.3) is 0 Å². The second-order valence-electron chi connectivity index (χ2n) is 4.74. The lowest BCUT2D eigenvalue weighted by Crippen LogP contribution is -2.09. The molecule has 1 heterocycles. The van der Waals surface area contributed by atoms with Crippen LogP contribution in [0.4, 0.5) is 37.8 Å². The molecule has 0 atom stereocenters. The van der Waals surface area contributed by atoms with Gasteiger partial charge in [-0.3, -0.25) is 0 Å². The van der Waals surface area contributed by atoms with E-state index in [1.165, 1.54) is 12.1 Å². The van der Waals surface area contributed by atoms with Crippen molar-refractivity contribution in [1.82, 2.24) is 10.2 Å². The molecule has 9 heteroatoms. The highest BCUT2D eigenvalue weighted by molar-refractivity contribution is 5.56. The largest absolute Gasteiger partial charge is 0.435 e. The van der Waals surface area contributed by atoms with E-state index in [9.17, 15) is 26.3 Å². The maximum atomic E-state index is 12.4. The Hall–Kier alpha value is -2.32. The molecule has 0 spiro atoms. The van der Waals surface area contributed by atoms with Crippen LogP contribution in [-0.2, 0) is 12.6 Å². The van der Waals surface area contributed by atoms with E-state index in [-0.39, 0.29) is 12.2 Å². The first-order chi connectivity index (χ1) is 10.6. The molecule has 124 valence electrons. The zero-order valence-electron chi connectivity index (χ0n) is 11.5. The van der Waals surface area contributed by atoms with Gasteiger partial charge in [0, 0.05) is 12.1 Å². The smallest absolute Gasteiger partial charge is 0.339 e. The monoisotopic (exact) mass is 335 g/mol. The molecular weight excluding hydrogens is 324 g/mol. The number of halogens is 6. The molecule has 0 amide bonds. The summed E-state index contributed by atoms with van der Waals surface area (Å²) in [6, 6.07) is 7.99. The standard InChI is InChI=1S/C14H11F6N3/c15-13(16,17)7-6-9-2-1-3-10(8-9)21-12-5-4-11(22-23-12)14(18,19)20/h1-5,8H,6-7H2,(H,21,23). The predicted molar refractivity (Wildman–Crippen MR) is 71.1 cm³/mol. The third-order valence-electron chi connectivity index (χ3n) is 2.85. The highest BCUT2D eigenvalue weighted by atomic mass is 19.4. The lowest BCUT2D eigenvalue weighted by Gasteiger charge is -2.10. The summed E-state index contributed by atoms with van der Waals surface area (Å²) in [4.78, 5) is 0. The zero-order valence-corrected chi connectivity index (χ0v) is 11.5. The van der Waals surface area contributed by atoms with Crippen molar-refractivity contribution in [2.24, 2.45) is 0 Å². The number of nitrogens with one attached hydrogen (secondary N) is 1. The topological polar surface area (TPSA) is 37.8 Å². The number of hydrogen-bond acceptors (Lipinski definition) is 3. The van der Waals surface area contributed by atoms with E-state index in [4.69, 9.17) is 0 Å². The van der Waals surface area contributed by atoms with E-state index in [1.807, 2.05) is 0 Å². The molecule has 1 aromatic heterocycles. The van der Waals surface area contributed by atoms with Crippen molar-refractivity contribution in [2.75, 3.05) is 5.32 Å². The van der Waals surface area contributed by atoms with Crippen LogP contribution in [-0.4, -0.2) is 16.4 Å². The number of hydrogen-bond donors (Lipinski definition) is 1. The van der Waals surface area contributed by atoms with E-state index < -0.39 is 24.5 Å². The SMILES string of the molecule is FC(F)(F)CCc1cccc(Nc2ccc(C(F)(F)F)nn2)c1. The third kappa shape index (κ3) is 5.42. The summed E-state index contributed by atoms with van der Waals surface area (Å²) in [5.41, 5.74) is -0.257. The Morgan fingerprint density at radius 1 is 0.913 bits per heavy atom. The molecule has 0 fully saturated rings. The molecule has 0 aliphatic rings. The fourth-order valence-corrected chi connectivity index (χ4v) is 1.79. The minimum Gasteiger partial charge on any atom is -0.339 e. The van der Waals surface area contributed by atoms with Gasteiger partial charge in [-0.25, -0.2) is 0 Å². The summed E-state index contributed by atoms with van der Waals surface area (Å²) >= 11 is 0. The zero-order chi connectivity index (χ0) is 17.1. The van der Waals surface area contributed by atoms with Crippen molar-refractivity contribution in [3.63, 3.8) is 0 Å². The highest BCUT2D eigenvalue weighted by Crippen LogP contribution is 2.28. The molecule has 23 heavy (non-hydrogen) atoms. The first kappa shape index (κ1) is 17.0. The van der Waals surface area contributed by atoms with Crippen molar-refractivity contribution < 1.29 is 26.3 Å². The lowest BCUT2D eigenvalue weighted by molar-refractivity contribution is -0.141. The van der Waals surface area contributed by atoms with Gasteiger partial charge in [0.15, 0.2) is 11.5 Å². The van der Waals surface area contributed by atoms with Crippen molar-refractivity contribution in [3.05, 3.63) is 47.7 Å². The first-order valence-corrected chi connectivity index (χ1v) is 6.47. The van der Waals surface area contributed by atoms with Crippen LogP contribution in [0.15, 0.2) is 36.4 Å². The van der Waals surface area contributed by atoms with E-state index in [1.54, 1.807) is 12.1 Å². The molecular formula is C14H11F6N3. The number of anilines is 2. The number of aryl methyl sites for hydroxylation is 1. The second kappa shape index (κ2) is 6.43. The maximum absolute atomic E-state index is 12.4. The van der Waals surface area contributed by atoms with Crippen molar-refractivity contribution in [2.45, 2.75) is 25.2 Å². The lowest BCUT2D eigenvalue weighted by atomic mass is 10.1. The van der Waals surface area contributed by atoms with Crippen LogP contribution in [0.2, 0.25) is 0 Å². The number of nitrogens with zero attached hydrogens (tertiary/aromatic N) is 2. The van der Waals surface area contributed by atoms with Gasteiger partial charge in [-0.2, -0.15) is 26.3 Å². The number of aromatic nitrogens is 2. The summed E-state index contributed by atoms with van der Waals surface area (Å²) in [7, 11) is 0. The molecule has 2 rings (SSSR count). The Bertz CT molecular complexity index is 649. The van der Waals surface area contributed by atoms with Gasteiger partial charge in [-0.15, -0.1) is 10.2 Å². The normalized spacial score (nSPS) is 12.3. The fourth-order valence-electron chi connectivity index (χ4n) is 1.79. The average molecular weight is 335 g/mol. The Kier molecular flexibility index (Phi) is 4.76. The average Bonchev–Trinajstić information content (AvgIpc) is 2.44. The summed E-state index contributed by atoms with van der Waals surface area (Å²) < 4.78 is 73.7. The maximum Gasteiger partial charge on any atom is 0.435 e. The van der Waals surface area contributed by atoms with Gasteiger partial charge in [0.2, 0.25) is 0 Å². The first-order valence-electron chi connectivity index (χ1n) is 6.47. The molecule has 1 N–H and O–H groups in total. The van der Waals surface area contributed by atoms with Crippen molar-refractivity contribution in [1.29, 1.82) is 0 Å². The summed E-state index contributed by atoms with van der Waals surface area (Å²) in [6.45, 7) is 0. The fraction of sp³-hybridized carbons (Fsp3) is 0.286. The Balaban J connectivity index is 2.05. The minimum atomic E-state index is -4.58. The van der Waals surface area contributed by atoms with Crippen molar-refractivity contribution in [3.8, 4) is 0 Å². The molecule has 0 bridgehead atoms. The van der Waals surface area contributed by atoms with E-state index in [2.05, 4.69) is 15.5 Å². The molecule has 0 aliphatic heterocycles. The summed E-state index contributed by atoms with van der Waals surface area (Å²) in [5.74, 6) is 0.0611. The third-order valence-corrected chi connectivity index (χ3v) is 2.85. The summed E-state index contributed by atoms with van der Waals surface area (Å²) in [6.07, 6.45) is -9.96. The quantitative estimate of drug-likeness (QED) is 0.821. The van der Waals surface area contributed by atoms with Crippen LogP contribution >= 0.6 is 0 Å². The van der Waals surface area contributed by atoms with Crippen LogP contribution < -0.4 is 5.32 Å². The molecule has 2 aromatic rings. The summed E-state index contributed by atoms with van der Waals surface area (Å²) in [5, 5.41) is 9.14. The van der Waals surface area contributed by atoms with E-state index >= 15 is 0 Å². The second-order valence-corrected chi connectivity index (χ2v) is 4.74. The Morgan fingerprint density at radius 2 is 1.65 bits per heavy atom. The molecule has 1 aromatic carbocycles. The molecule has 0 radical (unpaired) electrons. The molecule has 0 unspecified atom stereocenters. The van der Waals surface area contributed by atoms with Gasteiger partial charge in [0.05, 0.1) is 0 Å². The van der Waals surface area contributed by atoms with Gasteiger partial charge in [0.1, 0.15) is 0 Å². The molecule has 3 nitrogen and oxygen atoms in total. The molecule has 0 aliphatic carbocycles. The van der Waals surface area contributed by atoms with Crippen LogP contribution in [0.1, 0.15) is 17.7 Å².